The molecule has 1 heterocycles. The van der Waals surface area contributed by atoms with Crippen LogP contribution in [0.25, 0.3) is 0 Å². The van der Waals surface area contributed by atoms with Gasteiger partial charge in [-0.2, -0.15) is 0 Å². The number of hydrogen-bond donors (Lipinski definition) is 1. The summed E-state index contributed by atoms with van der Waals surface area (Å²) < 4.78 is 0. The largest absolute Gasteiger partial charge is 0.310 e. The molecule has 0 unspecified atom stereocenters. The zero-order valence-electron chi connectivity index (χ0n) is 12.0. The van der Waals surface area contributed by atoms with Crippen LogP contribution in [0.2, 0.25) is 0 Å². The monoisotopic (exact) mass is 238 g/mol. The minimum absolute atomic E-state index is 0.418. The number of nitrogens with zero attached hydrogens (tertiary/aromatic N) is 1. The van der Waals surface area contributed by atoms with Gasteiger partial charge in [0.1, 0.15) is 0 Å². The van der Waals surface area contributed by atoms with Crippen LogP contribution in [-0.4, -0.2) is 35.6 Å². The van der Waals surface area contributed by atoms with Crippen molar-refractivity contribution in [1.29, 1.82) is 0 Å². The third-order valence-electron chi connectivity index (χ3n) is 5.45. The van der Waals surface area contributed by atoms with Crippen molar-refractivity contribution < 1.29 is 0 Å². The second kappa shape index (κ2) is 5.27. The van der Waals surface area contributed by atoms with Crippen LogP contribution < -0.4 is 5.32 Å². The van der Waals surface area contributed by atoms with E-state index in [9.17, 15) is 0 Å². The maximum Gasteiger partial charge on any atom is 0.0309 e. The number of nitrogens with one attached hydrogen (secondary N) is 1. The first-order valence-electron chi connectivity index (χ1n) is 7.64. The van der Waals surface area contributed by atoms with Crippen LogP contribution in [0.1, 0.15) is 65.7 Å². The van der Waals surface area contributed by atoms with Crippen molar-refractivity contribution >= 4 is 0 Å². The van der Waals surface area contributed by atoms with Gasteiger partial charge in [0.2, 0.25) is 0 Å². The highest BCUT2D eigenvalue weighted by atomic mass is 15.2. The molecule has 17 heavy (non-hydrogen) atoms. The van der Waals surface area contributed by atoms with Gasteiger partial charge in [-0.3, -0.25) is 4.90 Å². The Kier molecular flexibility index (Phi) is 4.14. The fourth-order valence-corrected chi connectivity index (χ4v) is 3.67. The van der Waals surface area contributed by atoms with Crippen LogP contribution in [0.3, 0.4) is 0 Å². The molecule has 1 aliphatic carbocycles. The van der Waals surface area contributed by atoms with Crippen molar-refractivity contribution in [3.63, 3.8) is 0 Å². The highest BCUT2D eigenvalue weighted by Crippen LogP contribution is 2.35. The Morgan fingerprint density at radius 2 is 1.76 bits per heavy atom. The first kappa shape index (κ1) is 13.4. The lowest BCUT2D eigenvalue weighted by Gasteiger charge is -2.44. The summed E-state index contributed by atoms with van der Waals surface area (Å²) in [7, 11) is 0. The van der Waals surface area contributed by atoms with E-state index in [1.165, 1.54) is 64.6 Å². The Labute approximate surface area is 107 Å². The summed E-state index contributed by atoms with van der Waals surface area (Å²) in [4.78, 5) is 2.79. The molecule has 2 fully saturated rings. The summed E-state index contributed by atoms with van der Waals surface area (Å²) >= 11 is 0. The summed E-state index contributed by atoms with van der Waals surface area (Å²) in [5, 5.41) is 3.87. The molecule has 100 valence electrons. The molecule has 1 saturated carbocycles. The predicted molar refractivity (Wildman–Crippen MR) is 74.4 cm³/mol. The standard InChI is InChI=1S/C15H30N2/c1-4-14(3,5-2)17-12-8-11-16-15(13-17)9-6-7-10-15/h16H,4-13H2,1-3H3. The van der Waals surface area contributed by atoms with Crippen molar-refractivity contribution in [2.24, 2.45) is 0 Å². The lowest BCUT2D eigenvalue weighted by atomic mass is 9.89. The molecule has 2 aliphatic rings. The third kappa shape index (κ3) is 2.68. The highest BCUT2D eigenvalue weighted by Gasteiger charge is 2.40. The van der Waals surface area contributed by atoms with Crippen LogP contribution in [0, 0.1) is 0 Å². The lowest BCUT2D eigenvalue weighted by Crippen LogP contribution is -2.55. The molecule has 1 N–H and O–H groups in total. The third-order valence-corrected chi connectivity index (χ3v) is 5.45. The summed E-state index contributed by atoms with van der Waals surface area (Å²) in [6.07, 6.45) is 9.52. The van der Waals surface area contributed by atoms with Crippen molar-refractivity contribution in [3.8, 4) is 0 Å². The number of rotatable bonds is 3. The van der Waals surface area contributed by atoms with Crippen LogP contribution in [0.5, 0.6) is 0 Å². The van der Waals surface area contributed by atoms with Crippen LogP contribution in [0.15, 0.2) is 0 Å². The topological polar surface area (TPSA) is 15.3 Å². The average Bonchev–Trinajstić information content (AvgIpc) is 2.69. The fraction of sp³-hybridized carbons (Fsp3) is 1.00. The van der Waals surface area contributed by atoms with Gasteiger partial charge in [-0.15, -0.1) is 0 Å². The smallest absolute Gasteiger partial charge is 0.0309 e. The molecule has 2 heteroatoms. The Hall–Kier alpha value is -0.0800. The second-order valence-corrected chi connectivity index (χ2v) is 6.39. The van der Waals surface area contributed by atoms with E-state index in [4.69, 9.17) is 0 Å². The molecule has 0 aromatic rings. The second-order valence-electron chi connectivity index (χ2n) is 6.39. The van der Waals surface area contributed by atoms with Gasteiger partial charge in [0, 0.05) is 17.6 Å². The first-order valence-corrected chi connectivity index (χ1v) is 7.64. The van der Waals surface area contributed by atoms with E-state index in [-0.39, 0.29) is 0 Å². The quantitative estimate of drug-likeness (QED) is 0.812. The van der Waals surface area contributed by atoms with E-state index < -0.39 is 0 Å². The molecule has 2 nitrogen and oxygen atoms in total. The molecule has 0 amide bonds. The summed E-state index contributed by atoms with van der Waals surface area (Å²) in [6.45, 7) is 10.9. The van der Waals surface area contributed by atoms with Gasteiger partial charge in [-0.25, -0.2) is 0 Å². The molecular weight excluding hydrogens is 208 g/mol. The van der Waals surface area contributed by atoms with E-state index in [0.29, 0.717) is 11.1 Å². The maximum absolute atomic E-state index is 3.87. The van der Waals surface area contributed by atoms with Gasteiger partial charge in [0.25, 0.3) is 0 Å². The molecule has 0 aromatic heterocycles. The SMILES string of the molecule is CCC(C)(CC)N1CCCNC2(CCCC2)C1. The van der Waals surface area contributed by atoms with Crippen LogP contribution >= 0.6 is 0 Å². The average molecular weight is 238 g/mol. The van der Waals surface area contributed by atoms with Crippen molar-refractivity contribution in [2.45, 2.75) is 76.8 Å². The Bertz CT molecular complexity index is 239. The molecule has 2 rings (SSSR count). The van der Waals surface area contributed by atoms with Gasteiger partial charge < -0.3 is 5.32 Å². The molecule has 0 aromatic carbocycles. The molecular formula is C15H30N2. The minimum atomic E-state index is 0.418. The van der Waals surface area contributed by atoms with E-state index in [1.807, 2.05) is 0 Å². The first-order chi connectivity index (χ1) is 8.14. The zero-order chi connectivity index (χ0) is 12.4. The molecule has 1 aliphatic heterocycles. The van der Waals surface area contributed by atoms with E-state index in [0.717, 1.165) is 0 Å². The Morgan fingerprint density at radius 3 is 2.35 bits per heavy atom. The fourth-order valence-electron chi connectivity index (χ4n) is 3.67. The summed E-state index contributed by atoms with van der Waals surface area (Å²) in [5.41, 5.74) is 0.879. The Balaban J connectivity index is 2.11. The normalized spacial score (nSPS) is 26.3. The number of hydrogen-bond acceptors (Lipinski definition) is 2. The van der Waals surface area contributed by atoms with Gasteiger partial charge in [0.15, 0.2) is 0 Å². The molecule has 1 spiro atoms. The Morgan fingerprint density at radius 1 is 1.12 bits per heavy atom. The van der Waals surface area contributed by atoms with E-state index in [2.05, 4.69) is 31.0 Å². The molecule has 1 saturated heterocycles. The van der Waals surface area contributed by atoms with Crippen LogP contribution in [-0.2, 0) is 0 Å². The van der Waals surface area contributed by atoms with E-state index >= 15 is 0 Å². The molecule has 0 atom stereocenters. The van der Waals surface area contributed by atoms with Gasteiger partial charge >= 0.3 is 0 Å². The van der Waals surface area contributed by atoms with Gasteiger partial charge in [-0.05, 0) is 52.1 Å². The van der Waals surface area contributed by atoms with Crippen molar-refractivity contribution in [3.05, 3.63) is 0 Å². The van der Waals surface area contributed by atoms with Crippen molar-refractivity contribution in [2.75, 3.05) is 19.6 Å². The maximum atomic E-state index is 3.87. The zero-order valence-corrected chi connectivity index (χ0v) is 12.0. The van der Waals surface area contributed by atoms with Crippen LogP contribution in [0.4, 0.5) is 0 Å². The minimum Gasteiger partial charge on any atom is -0.310 e. The summed E-state index contributed by atoms with van der Waals surface area (Å²) in [6, 6.07) is 0. The van der Waals surface area contributed by atoms with Gasteiger partial charge in [0.05, 0.1) is 0 Å². The predicted octanol–water partition coefficient (Wildman–Crippen LogP) is 3.17. The lowest BCUT2D eigenvalue weighted by molar-refractivity contribution is 0.0729. The highest BCUT2D eigenvalue weighted by molar-refractivity contribution is 5.00. The van der Waals surface area contributed by atoms with Crippen molar-refractivity contribution in [1.82, 2.24) is 10.2 Å². The van der Waals surface area contributed by atoms with Gasteiger partial charge in [-0.1, -0.05) is 26.7 Å². The summed E-state index contributed by atoms with van der Waals surface area (Å²) in [5.74, 6) is 0. The molecule has 0 radical (unpaired) electrons. The van der Waals surface area contributed by atoms with E-state index in [1.54, 1.807) is 0 Å². The molecule has 0 bridgehead atoms.